The second kappa shape index (κ2) is 7.88. The molecule has 1 amide bonds. The van der Waals surface area contributed by atoms with Crippen molar-refractivity contribution in [2.24, 2.45) is 0 Å². The first-order valence-electron chi connectivity index (χ1n) is 7.98. The third-order valence-electron chi connectivity index (χ3n) is 3.75. The minimum atomic E-state index is -0.653. The van der Waals surface area contributed by atoms with Crippen LogP contribution in [-0.4, -0.2) is 34.1 Å². The van der Waals surface area contributed by atoms with Gasteiger partial charge >= 0.3 is 0 Å². The second-order valence-corrected chi connectivity index (χ2v) is 7.21. The third kappa shape index (κ3) is 4.23. The summed E-state index contributed by atoms with van der Waals surface area (Å²) in [5, 5.41) is 6.55. The van der Waals surface area contributed by atoms with Crippen LogP contribution in [0.4, 0.5) is 0 Å². The number of aromatic nitrogens is 2. The van der Waals surface area contributed by atoms with E-state index in [0.29, 0.717) is 22.5 Å². The van der Waals surface area contributed by atoms with E-state index in [4.69, 9.17) is 20.9 Å². The van der Waals surface area contributed by atoms with Gasteiger partial charge in [-0.05, 0) is 49.1 Å². The fourth-order valence-electron chi connectivity index (χ4n) is 2.36. The van der Waals surface area contributed by atoms with Crippen LogP contribution in [0, 0.1) is 6.92 Å². The van der Waals surface area contributed by atoms with E-state index in [1.54, 1.807) is 32.2 Å². The lowest BCUT2D eigenvalue weighted by atomic mass is 10.2. The number of benzene rings is 1. The highest BCUT2D eigenvalue weighted by molar-refractivity contribution is 7.13. The summed E-state index contributed by atoms with van der Waals surface area (Å²) in [6.45, 7) is 3.80. The first kappa shape index (κ1) is 18.4. The first-order valence-corrected chi connectivity index (χ1v) is 9.24. The maximum absolute atomic E-state index is 12.5. The zero-order chi connectivity index (χ0) is 18.7. The van der Waals surface area contributed by atoms with Crippen LogP contribution in [0.3, 0.4) is 0 Å². The maximum atomic E-state index is 12.5. The van der Waals surface area contributed by atoms with E-state index >= 15 is 0 Å². The molecule has 8 heteroatoms. The summed E-state index contributed by atoms with van der Waals surface area (Å²) >= 11 is 7.53. The van der Waals surface area contributed by atoms with Gasteiger partial charge < -0.3 is 14.2 Å². The van der Waals surface area contributed by atoms with Crippen molar-refractivity contribution < 1.29 is 14.1 Å². The Hall–Kier alpha value is -2.38. The van der Waals surface area contributed by atoms with Crippen molar-refractivity contribution >= 4 is 28.8 Å². The summed E-state index contributed by atoms with van der Waals surface area (Å²) in [5.41, 5.74) is 0.893. The van der Waals surface area contributed by atoms with Crippen LogP contribution in [0.5, 0.6) is 5.75 Å². The Morgan fingerprint density at radius 3 is 2.92 bits per heavy atom. The number of amides is 1. The molecule has 6 nitrogen and oxygen atoms in total. The quantitative estimate of drug-likeness (QED) is 0.630. The normalized spacial score (nSPS) is 12.0. The molecule has 0 N–H and O–H groups in total. The Bertz CT molecular complexity index is 895. The van der Waals surface area contributed by atoms with Crippen LogP contribution >= 0.6 is 22.9 Å². The number of likely N-dealkylation sites (N-methyl/N-ethyl adjacent to an activating group) is 1. The lowest BCUT2D eigenvalue weighted by Gasteiger charge is -2.21. The fraction of sp³-hybridized carbons (Fsp3) is 0.278. The number of hydrogen-bond acceptors (Lipinski definition) is 6. The van der Waals surface area contributed by atoms with Crippen molar-refractivity contribution in [3.63, 3.8) is 0 Å². The predicted molar refractivity (Wildman–Crippen MR) is 100 cm³/mol. The summed E-state index contributed by atoms with van der Waals surface area (Å²) in [7, 11) is 1.67. The highest BCUT2D eigenvalue weighted by Crippen LogP contribution is 2.23. The van der Waals surface area contributed by atoms with Gasteiger partial charge in [0.05, 0.1) is 11.4 Å². The van der Waals surface area contributed by atoms with E-state index in [2.05, 4.69) is 10.1 Å². The van der Waals surface area contributed by atoms with Crippen molar-refractivity contribution in [2.75, 3.05) is 7.05 Å². The average Bonchev–Trinajstić information content (AvgIpc) is 3.28. The molecule has 0 fully saturated rings. The molecular formula is C18H18ClN3O3S. The molecule has 1 atom stereocenters. The van der Waals surface area contributed by atoms with Crippen molar-refractivity contribution in [1.82, 2.24) is 15.0 Å². The molecule has 0 aliphatic carbocycles. The average molecular weight is 392 g/mol. The molecular weight excluding hydrogens is 374 g/mol. The molecule has 0 aliphatic heterocycles. The second-order valence-electron chi connectivity index (χ2n) is 5.85. The molecule has 26 heavy (non-hydrogen) atoms. The predicted octanol–water partition coefficient (Wildman–Crippen LogP) is 4.19. The Labute approximate surface area is 160 Å². The number of carbonyl (C=O) groups is 1. The zero-order valence-electron chi connectivity index (χ0n) is 14.6. The van der Waals surface area contributed by atoms with Gasteiger partial charge in [0.1, 0.15) is 5.75 Å². The van der Waals surface area contributed by atoms with Crippen LogP contribution < -0.4 is 4.74 Å². The highest BCUT2D eigenvalue weighted by atomic mass is 35.5. The van der Waals surface area contributed by atoms with Gasteiger partial charge in [-0.25, -0.2) is 0 Å². The number of ether oxygens (including phenoxy) is 1. The Balaban J connectivity index is 1.61. The Morgan fingerprint density at radius 1 is 1.42 bits per heavy atom. The van der Waals surface area contributed by atoms with E-state index < -0.39 is 6.10 Å². The summed E-state index contributed by atoms with van der Waals surface area (Å²) in [4.78, 5) is 19.3. The molecule has 136 valence electrons. The number of hydrogen-bond donors (Lipinski definition) is 0. The summed E-state index contributed by atoms with van der Waals surface area (Å²) < 4.78 is 11.0. The monoisotopic (exact) mass is 391 g/mol. The van der Waals surface area contributed by atoms with Gasteiger partial charge in [0.25, 0.3) is 5.91 Å². The Morgan fingerprint density at radius 2 is 2.23 bits per heavy atom. The number of rotatable bonds is 6. The minimum Gasteiger partial charge on any atom is -0.481 e. The molecule has 0 aliphatic rings. The lowest BCUT2D eigenvalue weighted by Crippen LogP contribution is -2.37. The van der Waals surface area contributed by atoms with Crippen LogP contribution in [0.1, 0.15) is 18.4 Å². The van der Waals surface area contributed by atoms with Gasteiger partial charge in [0, 0.05) is 12.1 Å². The largest absolute Gasteiger partial charge is 0.481 e. The topological polar surface area (TPSA) is 68.5 Å². The molecule has 3 aromatic rings. The van der Waals surface area contributed by atoms with Crippen molar-refractivity contribution in [2.45, 2.75) is 26.5 Å². The zero-order valence-corrected chi connectivity index (χ0v) is 16.2. The first-order chi connectivity index (χ1) is 12.4. The van der Waals surface area contributed by atoms with Crippen molar-refractivity contribution in [3.8, 4) is 16.5 Å². The SMILES string of the molecule is Cc1cc(O[C@H](C)C(=O)N(C)Cc2nc(-c3cccs3)no2)ccc1Cl. The summed E-state index contributed by atoms with van der Waals surface area (Å²) in [5.74, 6) is 1.31. The molecule has 2 heterocycles. The molecule has 3 rings (SSSR count). The highest BCUT2D eigenvalue weighted by Gasteiger charge is 2.22. The van der Waals surface area contributed by atoms with Crippen molar-refractivity contribution in [1.29, 1.82) is 0 Å². The van der Waals surface area contributed by atoms with E-state index in [1.807, 2.05) is 24.4 Å². The maximum Gasteiger partial charge on any atom is 0.263 e. The van der Waals surface area contributed by atoms with Crippen molar-refractivity contribution in [3.05, 3.63) is 52.2 Å². The molecule has 0 spiro atoms. The molecule has 0 unspecified atom stereocenters. The molecule has 0 radical (unpaired) electrons. The van der Waals surface area contributed by atoms with E-state index in [-0.39, 0.29) is 12.5 Å². The lowest BCUT2D eigenvalue weighted by molar-refractivity contribution is -0.137. The number of thiophene rings is 1. The molecule has 0 saturated carbocycles. The van der Waals surface area contributed by atoms with Gasteiger partial charge in [0.15, 0.2) is 6.10 Å². The summed E-state index contributed by atoms with van der Waals surface area (Å²) in [6, 6.07) is 9.13. The smallest absolute Gasteiger partial charge is 0.263 e. The standard InChI is InChI=1S/C18H18ClN3O3S/c1-11-9-13(6-7-14(11)19)24-12(2)18(23)22(3)10-16-20-17(21-25-16)15-5-4-8-26-15/h4-9,12H,10H2,1-3H3/t12-/m1/s1. The Kier molecular flexibility index (Phi) is 5.58. The van der Waals surface area contributed by atoms with Gasteiger partial charge in [0.2, 0.25) is 11.7 Å². The number of carbonyl (C=O) groups excluding carboxylic acids is 1. The van der Waals surface area contributed by atoms with Gasteiger partial charge in [-0.15, -0.1) is 11.3 Å². The fourth-order valence-corrected chi connectivity index (χ4v) is 3.13. The molecule has 0 bridgehead atoms. The van der Waals surface area contributed by atoms with E-state index in [0.717, 1.165) is 10.4 Å². The van der Waals surface area contributed by atoms with Gasteiger partial charge in [-0.2, -0.15) is 4.98 Å². The minimum absolute atomic E-state index is 0.187. The summed E-state index contributed by atoms with van der Waals surface area (Å²) in [6.07, 6.45) is -0.653. The molecule has 0 saturated heterocycles. The van der Waals surface area contributed by atoms with Crippen LogP contribution in [0.15, 0.2) is 40.2 Å². The van der Waals surface area contributed by atoms with Crippen LogP contribution in [-0.2, 0) is 11.3 Å². The number of nitrogens with zero attached hydrogens (tertiary/aromatic N) is 3. The molecule has 1 aromatic carbocycles. The van der Waals surface area contributed by atoms with Gasteiger partial charge in [-0.1, -0.05) is 22.8 Å². The van der Waals surface area contributed by atoms with Gasteiger partial charge in [-0.3, -0.25) is 4.79 Å². The van der Waals surface area contributed by atoms with Crippen LogP contribution in [0.2, 0.25) is 5.02 Å². The van der Waals surface area contributed by atoms with E-state index in [9.17, 15) is 4.79 Å². The van der Waals surface area contributed by atoms with Crippen LogP contribution in [0.25, 0.3) is 10.7 Å². The molecule has 2 aromatic heterocycles. The van der Waals surface area contributed by atoms with E-state index in [1.165, 1.54) is 16.2 Å². The number of halogens is 1. The third-order valence-corrected chi connectivity index (χ3v) is 5.04. The number of aryl methyl sites for hydroxylation is 1.